The summed E-state index contributed by atoms with van der Waals surface area (Å²) < 4.78 is 0. The number of nitriles is 1. The molecule has 0 amide bonds. The Labute approximate surface area is 85.4 Å². The van der Waals surface area contributed by atoms with E-state index in [-0.39, 0.29) is 0 Å². The van der Waals surface area contributed by atoms with Crippen LogP contribution in [0.3, 0.4) is 0 Å². The molecule has 0 aromatic heterocycles. The van der Waals surface area contributed by atoms with E-state index in [0.29, 0.717) is 17.2 Å². The third-order valence-corrected chi connectivity index (χ3v) is 1.92. The Morgan fingerprint density at radius 1 is 1.43 bits per heavy atom. The summed E-state index contributed by atoms with van der Waals surface area (Å²) in [5.74, 6) is 0.300. The highest BCUT2D eigenvalue weighted by atomic mass is 14.6. The highest BCUT2D eigenvalue weighted by Crippen LogP contribution is 2.18. The van der Waals surface area contributed by atoms with Crippen molar-refractivity contribution in [1.29, 1.82) is 5.26 Å². The quantitative estimate of drug-likeness (QED) is 0.527. The molecule has 0 rings (SSSR count). The van der Waals surface area contributed by atoms with Gasteiger partial charge in [-0.1, -0.05) is 19.9 Å². The van der Waals surface area contributed by atoms with E-state index in [1.165, 1.54) is 12.3 Å². The molecule has 0 spiro atoms. The van der Waals surface area contributed by atoms with E-state index in [1.807, 2.05) is 32.9 Å². The first-order valence-electron chi connectivity index (χ1n) is 4.53. The molecule has 0 heterocycles. The third-order valence-electron chi connectivity index (χ3n) is 1.92. The zero-order chi connectivity index (χ0) is 11.1. The summed E-state index contributed by atoms with van der Waals surface area (Å²) in [7, 11) is 0. The molecule has 0 aliphatic rings. The van der Waals surface area contributed by atoms with Gasteiger partial charge in [-0.3, -0.25) is 0 Å². The van der Waals surface area contributed by atoms with Crippen LogP contribution in [0.2, 0.25) is 0 Å². The molecule has 3 heteroatoms. The van der Waals surface area contributed by atoms with E-state index in [0.717, 1.165) is 5.57 Å². The third kappa shape index (κ3) is 2.98. The van der Waals surface area contributed by atoms with E-state index >= 15 is 0 Å². The van der Waals surface area contributed by atoms with Gasteiger partial charge in [0.15, 0.2) is 0 Å². The molecule has 0 saturated carbocycles. The molecule has 3 nitrogen and oxygen atoms in total. The molecular weight excluding hydrogens is 174 g/mol. The average molecular weight is 191 g/mol. The Morgan fingerprint density at radius 2 is 2.00 bits per heavy atom. The molecule has 0 bridgehead atoms. The number of nitrogens with zero attached hydrogens (tertiary/aromatic N) is 1. The summed E-state index contributed by atoms with van der Waals surface area (Å²) in [6, 6.07) is 2.02. The van der Waals surface area contributed by atoms with Crippen molar-refractivity contribution in [2.75, 3.05) is 0 Å². The maximum Gasteiger partial charge on any atom is 0.101 e. The summed E-state index contributed by atoms with van der Waals surface area (Å²) in [4.78, 5) is 0. The number of allylic oxidation sites excluding steroid dienone is 4. The topological polar surface area (TPSA) is 75.8 Å². The fourth-order valence-electron chi connectivity index (χ4n) is 1.24. The van der Waals surface area contributed by atoms with Gasteiger partial charge in [-0.15, -0.1) is 0 Å². The zero-order valence-corrected chi connectivity index (χ0v) is 8.91. The van der Waals surface area contributed by atoms with Crippen molar-refractivity contribution in [1.82, 2.24) is 0 Å². The molecule has 14 heavy (non-hydrogen) atoms. The summed E-state index contributed by atoms with van der Waals surface area (Å²) in [6.07, 6.45) is 4.75. The van der Waals surface area contributed by atoms with Crippen LogP contribution in [0.4, 0.5) is 0 Å². The highest BCUT2D eigenvalue weighted by molar-refractivity contribution is 5.45. The fourth-order valence-corrected chi connectivity index (χ4v) is 1.24. The number of rotatable bonds is 3. The molecule has 4 N–H and O–H groups in total. The Bertz CT molecular complexity index is 314. The first kappa shape index (κ1) is 12.3. The van der Waals surface area contributed by atoms with Crippen LogP contribution in [-0.4, -0.2) is 0 Å². The van der Waals surface area contributed by atoms with Gasteiger partial charge in [0.2, 0.25) is 0 Å². The van der Waals surface area contributed by atoms with Crippen molar-refractivity contribution in [3.05, 3.63) is 35.2 Å². The van der Waals surface area contributed by atoms with Gasteiger partial charge in [0.05, 0.1) is 11.3 Å². The second kappa shape index (κ2) is 5.87. The minimum atomic E-state index is 0.300. The maximum atomic E-state index is 8.83. The van der Waals surface area contributed by atoms with E-state index in [9.17, 15) is 0 Å². The summed E-state index contributed by atoms with van der Waals surface area (Å²) in [5.41, 5.74) is 13.0. The number of nitrogens with two attached hydrogens (primary N) is 2. The summed E-state index contributed by atoms with van der Waals surface area (Å²) in [5, 5.41) is 8.83. The molecule has 0 aromatic rings. The first-order chi connectivity index (χ1) is 6.58. The molecule has 76 valence electrons. The Balaban J connectivity index is 5.25. The maximum absolute atomic E-state index is 8.83. The van der Waals surface area contributed by atoms with Gasteiger partial charge in [0.1, 0.15) is 6.07 Å². The Hall–Kier alpha value is -1.69. The van der Waals surface area contributed by atoms with Crippen LogP contribution in [0.15, 0.2) is 35.2 Å². The van der Waals surface area contributed by atoms with Crippen molar-refractivity contribution in [2.24, 2.45) is 17.4 Å². The molecule has 0 atom stereocenters. The SMILES string of the molecule is C\C=C(/C(N)=C(C#N)\C=C/N)C(C)C. The minimum absolute atomic E-state index is 0.300. The normalized spacial score (nSPS) is 14.4. The molecule has 0 aliphatic heterocycles. The van der Waals surface area contributed by atoms with E-state index < -0.39 is 0 Å². The van der Waals surface area contributed by atoms with Crippen molar-refractivity contribution in [3.8, 4) is 6.07 Å². The predicted molar refractivity (Wildman–Crippen MR) is 58.7 cm³/mol. The van der Waals surface area contributed by atoms with Gasteiger partial charge >= 0.3 is 0 Å². The smallest absolute Gasteiger partial charge is 0.101 e. The van der Waals surface area contributed by atoms with Gasteiger partial charge in [-0.05, 0) is 30.7 Å². The second-order valence-electron chi connectivity index (χ2n) is 3.20. The molecule has 0 saturated heterocycles. The number of hydrogen-bond acceptors (Lipinski definition) is 3. The standard InChI is InChI=1S/C11H17N3/c1-4-10(8(2)3)11(14)9(7-13)5-6-12/h4-6,8H,12,14H2,1-3H3/b6-5-,10-4-,11-9-. The highest BCUT2D eigenvalue weighted by Gasteiger charge is 2.08. The van der Waals surface area contributed by atoms with E-state index in [1.54, 1.807) is 0 Å². The average Bonchev–Trinajstić information content (AvgIpc) is 2.14. The van der Waals surface area contributed by atoms with Crippen molar-refractivity contribution < 1.29 is 0 Å². The van der Waals surface area contributed by atoms with Crippen LogP contribution in [0.5, 0.6) is 0 Å². The van der Waals surface area contributed by atoms with Crippen LogP contribution >= 0.6 is 0 Å². The minimum Gasteiger partial charge on any atom is -0.405 e. The molecular formula is C11H17N3. The van der Waals surface area contributed by atoms with Crippen molar-refractivity contribution >= 4 is 0 Å². The summed E-state index contributed by atoms with van der Waals surface area (Å²) in [6.45, 7) is 5.97. The monoisotopic (exact) mass is 191 g/mol. The van der Waals surface area contributed by atoms with Crippen LogP contribution in [-0.2, 0) is 0 Å². The molecule has 0 aromatic carbocycles. The molecule has 0 unspecified atom stereocenters. The Kier molecular flexibility index (Phi) is 5.16. The summed E-state index contributed by atoms with van der Waals surface area (Å²) >= 11 is 0. The van der Waals surface area contributed by atoms with E-state index in [2.05, 4.69) is 0 Å². The van der Waals surface area contributed by atoms with Crippen LogP contribution in [0.1, 0.15) is 20.8 Å². The first-order valence-corrected chi connectivity index (χ1v) is 4.53. The lowest BCUT2D eigenvalue weighted by Crippen LogP contribution is -2.09. The van der Waals surface area contributed by atoms with Gasteiger partial charge < -0.3 is 11.5 Å². The van der Waals surface area contributed by atoms with Crippen LogP contribution in [0.25, 0.3) is 0 Å². The predicted octanol–water partition coefficient (Wildman–Crippen LogP) is 1.80. The lowest BCUT2D eigenvalue weighted by Gasteiger charge is -2.11. The molecule has 0 radical (unpaired) electrons. The van der Waals surface area contributed by atoms with Gasteiger partial charge in [0.25, 0.3) is 0 Å². The second-order valence-corrected chi connectivity index (χ2v) is 3.20. The van der Waals surface area contributed by atoms with Gasteiger partial charge in [-0.25, -0.2) is 0 Å². The van der Waals surface area contributed by atoms with Crippen LogP contribution < -0.4 is 11.5 Å². The fraction of sp³-hybridized carbons (Fsp3) is 0.364. The lowest BCUT2D eigenvalue weighted by atomic mass is 9.97. The molecule has 0 aliphatic carbocycles. The number of hydrogen-bond donors (Lipinski definition) is 2. The van der Waals surface area contributed by atoms with E-state index in [4.69, 9.17) is 16.7 Å². The zero-order valence-electron chi connectivity index (χ0n) is 8.91. The van der Waals surface area contributed by atoms with Crippen molar-refractivity contribution in [2.45, 2.75) is 20.8 Å². The van der Waals surface area contributed by atoms with Gasteiger partial charge in [0, 0.05) is 0 Å². The lowest BCUT2D eigenvalue weighted by molar-refractivity contribution is 0.771. The van der Waals surface area contributed by atoms with Crippen molar-refractivity contribution in [3.63, 3.8) is 0 Å². The van der Waals surface area contributed by atoms with Gasteiger partial charge in [-0.2, -0.15) is 5.26 Å². The molecule has 0 fully saturated rings. The van der Waals surface area contributed by atoms with Crippen LogP contribution in [0, 0.1) is 17.2 Å². The largest absolute Gasteiger partial charge is 0.405 e. The Morgan fingerprint density at radius 3 is 2.29 bits per heavy atom.